The summed E-state index contributed by atoms with van der Waals surface area (Å²) in [6, 6.07) is 5.26. The number of nitrogens with zero attached hydrogens (tertiary/aromatic N) is 2. The molecule has 2 saturated heterocycles. The summed E-state index contributed by atoms with van der Waals surface area (Å²) in [4.78, 5) is 14.7. The van der Waals surface area contributed by atoms with E-state index in [0.717, 1.165) is 44.8 Å². The number of benzene rings is 1. The smallest absolute Gasteiger partial charge is 0.251 e. The number of carbonyl (C=O) groups excluding carboxylic acids is 1. The van der Waals surface area contributed by atoms with Crippen LogP contribution in [0.3, 0.4) is 0 Å². The second-order valence-corrected chi connectivity index (χ2v) is 8.82. The number of amides is 1. The van der Waals surface area contributed by atoms with Gasteiger partial charge in [-0.15, -0.1) is 0 Å². The molecule has 1 aromatic carbocycles. The lowest BCUT2D eigenvalue weighted by atomic mass is 10.1. The van der Waals surface area contributed by atoms with Crippen molar-refractivity contribution in [1.29, 1.82) is 0 Å². The number of hydrogen-bond donors (Lipinski definition) is 1. The van der Waals surface area contributed by atoms with Gasteiger partial charge >= 0.3 is 0 Å². The van der Waals surface area contributed by atoms with Gasteiger partial charge in [0.1, 0.15) is 0 Å². The Labute approximate surface area is 155 Å². The molecule has 7 nitrogen and oxygen atoms in total. The van der Waals surface area contributed by atoms with E-state index in [-0.39, 0.29) is 11.7 Å². The van der Waals surface area contributed by atoms with Gasteiger partial charge in [-0.05, 0) is 37.5 Å². The molecule has 8 heteroatoms. The van der Waals surface area contributed by atoms with Crippen molar-refractivity contribution >= 4 is 21.6 Å². The molecule has 0 atom stereocenters. The number of rotatable bonds is 5. The summed E-state index contributed by atoms with van der Waals surface area (Å²) in [5, 5.41) is 2.93. The molecule has 0 radical (unpaired) electrons. The van der Waals surface area contributed by atoms with Crippen LogP contribution in [0.2, 0.25) is 0 Å². The number of ether oxygens (including phenoxy) is 1. The van der Waals surface area contributed by atoms with Gasteiger partial charge in [0.05, 0.1) is 24.7 Å². The van der Waals surface area contributed by atoms with Gasteiger partial charge in [0.25, 0.3) is 5.91 Å². The van der Waals surface area contributed by atoms with Crippen molar-refractivity contribution in [2.75, 3.05) is 56.0 Å². The van der Waals surface area contributed by atoms with Crippen molar-refractivity contribution in [3.05, 3.63) is 29.3 Å². The van der Waals surface area contributed by atoms with E-state index in [4.69, 9.17) is 4.74 Å². The molecule has 2 aliphatic heterocycles. The maximum absolute atomic E-state index is 12.5. The van der Waals surface area contributed by atoms with Crippen LogP contribution in [0.15, 0.2) is 18.2 Å². The molecule has 0 unspecified atom stereocenters. The average Bonchev–Trinajstić information content (AvgIpc) is 2.63. The molecule has 0 saturated carbocycles. The second-order valence-electron chi connectivity index (χ2n) is 6.81. The Kier molecular flexibility index (Phi) is 6.16. The van der Waals surface area contributed by atoms with E-state index in [1.807, 2.05) is 13.0 Å². The third-order valence-electron chi connectivity index (χ3n) is 4.91. The molecule has 0 spiro atoms. The quantitative estimate of drug-likeness (QED) is 0.823. The summed E-state index contributed by atoms with van der Waals surface area (Å²) in [7, 11) is -3.29. The van der Waals surface area contributed by atoms with Gasteiger partial charge < -0.3 is 10.1 Å². The molecule has 2 fully saturated rings. The highest BCUT2D eigenvalue weighted by molar-refractivity contribution is 7.92. The second kappa shape index (κ2) is 8.37. The zero-order chi connectivity index (χ0) is 18.6. The highest BCUT2D eigenvalue weighted by atomic mass is 32.2. The number of hydrogen-bond acceptors (Lipinski definition) is 5. The van der Waals surface area contributed by atoms with Crippen LogP contribution < -0.4 is 9.62 Å². The minimum absolute atomic E-state index is 0.169. The van der Waals surface area contributed by atoms with Gasteiger partial charge in [-0.3, -0.25) is 14.0 Å². The first-order valence-electron chi connectivity index (χ1n) is 9.17. The van der Waals surface area contributed by atoms with E-state index >= 15 is 0 Å². The number of morpholine rings is 1. The van der Waals surface area contributed by atoms with E-state index in [9.17, 15) is 13.2 Å². The first-order valence-corrected chi connectivity index (χ1v) is 10.8. The summed E-state index contributed by atoms with van der Waals surface area (Å²) in [5.41, 5.74) is 1.97. The van der Waals surface area contributed by atoms with Crippen LogP contribution in [0.25, 0.3) is 0 Å². The largest absolute Gasteiger partial charge is 0.379 e. The van der Waals surface area contributed by atoms with Gasteiger partial charge in [0.15, 0.2) is 0 Å². The van der Waals surface area contributed by atoms with Crippen LogP contribution in [0.4, 0.5) is 5.69 Å². The molecule has 0 aliphatic carbocycles. The lowest BCUT2D eigenvalue weighted by Crippen LogP contribution is -2.41. The molecule has 1 amide bonds. The predicted octanol–water partition coefficient (Wildman–Crippen LogP) is 0.987. The molecule has 26 heavy (non-hydrogen) atoms. The topological polar surface area (TPSA) is 79.0 Å². The zero-order valence-corrected chi connectivity index (χ0v) is 16.1. The lowest BCUT2D eigenvalue weighted by Gasteiger charge is -2.29. The van der Waals surface area contributed by atoms with Crippen LogP contribution in [0.1, 0.15) is 28.8 Å². The van der Waals surface area contributed by atoms with Crippen LogP contribution in [0.5, 0.6) is 0 Å². The SMILES string of the molecule is Cc1ccc(C(=O)NCCN2CCOCC2)cc1N1CCCCS1(=O)=O. The molecule has 0 bridgehead atoms. The molecular formula is C18H27N3O4S. The predicted molar refractivity (Wildman–Crippen MR) is 101 cm³/mol. The zero-order valence-electron chi connectivity index (χ0n) is 15.2. The van der Waals surface area contributed by atoms with Gasteiger partial charge in [-0.1, -0.05) is 6.07 Å². The molecule has 2 aliphatic rings. The molecule has 144 valence electrons. The number of anilines is 1. The van der Waals surface area contributed by atoms with E-state index in [1.54, 1.807) is 12.1 Å². The number of aryl methyl sites for hydroxylation is 1. The lowest BCUT2D eigenvalue weighted by molar-refractivity contribution is 0.0383. The minimum Gasteiger partial charge on any atom is -0.379 e. The van der Waals surface area contributed by atoms with Gasteiger partial charge in [-0.25, -0.2) is 8.42 Å². The fourth-order valence-corrected chi connectivity index (χ4v) is 5.03. The fourth-order valence-electron chi connectivity index (χ4n) is 3.33. The van der Waals surface area contributed by atoms with Crippen molar-refractivity contribution < 1.29 is 17.9 Å². The molecule has 1 aromatic rings. The highest BCUT2D eigenvalue weighted by Crippen LogP contribution is 2.27. The number of nitrogens with one attached hydrogen (secondary N) is 1. The average molecular weight is 381 g/mol. The monoisotopic (exact) mass is 381 g/mol. The van der Waals surface area contributed by atoms with Gasteiger partial charge in [0, 0.05) is 38.3 Å². The van der Waals surface area contributed by atoms with E-state index < -0.39 is 10.0 Å². The summed E-state index contributed by atoms with van der Waals surface area (Å²) >= 11 is 0. The van der Waals surface area contributed by atoms with Crippen molar-refractivity contribution in [3.8, 4) is 0 Å². The summed E-state index contributed by atoms with van der Waals surface area (Å²) in [5.74, 6) is -0.00324. The maximum atomic E-state index is 12.5. The van der Waals surface area contributed by atoms with E-state index in [1.165, 1.54) is 4.31 Å². The standard InChI is InChI=1S/C18H27N3O4S/c1-15-4-5-16(14-17(15)21-7-2-3-13-26(21,23)24)18(22)19-6-8-20-9-11-25-12-10-20/h4-5,14H,2-3,6-13H2,1H3,(H,19,22). The third kappa shape index (κ3) is 4.55. The van der Waals surface area contributed by atoms with Crippen molar-refractivity contribution in [1.82, 2.24) is 10.2 Å². The minimum atomic E-state index is -3.29. The maximum Gasteiger partial charge on any atom is 0.251 e. The van der Waals surface area contributed by atoms with Crippen molar-refractivity contribution in [3.63, 3.8) is 0 Å². The Morgan fingerprint density at radius 1 is 1.19 bits per heavy atom. The first-order chi connectivity index (χ1) is 12.5. The van der Waals surface area contributed by atoms with Gasteiger partial charge in [0.2, 0.25) is 10.0 Å². The summed E-state index contributed by atoms with van der Waals surface area (Å²) in [6.45, 7) is 6.94. The van der Waals surface area contributed by atoms with Crippen LogP contribution in [0, 0.1) is 6.92 Å². The molecule has 3 rings (SSSR count). The molecule has 0 aromatic heterocycles. The number of carbonyl (C=O) groups is 1. The van der Waals surface area contributed by atoms with Crippen molar-refractivity contribution in [2.45, 2.75) is 19.8 Å². The molecular weight excluding hydrogens is 354 g/mol. The summed E-state index contributed by atoms with van der Waals surface area (Å²) < 4.78 is 31.5. The van der Waals surface area contributed by atoms with Crippen molar-refractivity contribution in [2.24, 2.45) is 0 Å². The first kappa shape index (κ1) is 19.1. The molecule has 2 heterocycles. The van der Waals surface area contributed by atoms with Crippen LogP contribution in [-0.4, -0.2) is 70.9 Å². The molecule has 1 N–H and O–H groups in total. The Hall–Kier alpha value is -1.64. The van der Waals surface area contributed by atoms with E-state index in [0.29, 0.717) is 30.8 Å². The Bertz CT molecular complexity index is 745. The highest BCUT2D eigenvalue weighted by Gasteiger charge is 2.27. The summed E-state index contributed by atoms with van der Waals surface area (Å²) in [6.07, 6.45) is 1.54. The Morgan fingerprint density at radius 3 is 2.69 bits per heavy atom. The third-order valence-corrected chi connectivity index (χ3v) is 6.76. The number of sulfonamides is 1. The van der Waals surface area contributed by atoms with Crippen LogP contribution in [-0.2, 0) is 14.8 Å². The van der Waals surface area contributed by atoms with Gasteiger partial charge in [-0.2, -0.15) is 0 Å². The van der Waals surface area contributed by atoms with Crippen LogP contribution >= 0.6 is 0 Å². The Morgan fingerprint density at radius 2 is 1.96 bits per heavy atom. The normalized spacial score (nSPS) is 20.7. The van der Waals surface area contributed by atoms with E-state index in [2.05, 4.69) is 10.2 Å². The Balaban J connectivity index is 1.65. The fraction of sp³-hybridized carbons (Fsp3) is 0.611.